The van der Waals surface area contributed by atoms with Crippen LogP contribution in [0.25, 0.3) is 10.9 Å². The van der Waals surface area contributed by atoms with Crippen molar-refractivity contribution in [3.05, 3.63) is 28.0 Å². The number of fused-ring (bicyclic) bond motifs is 1. The van der Waals surface area contributed by atoms with Gasteiger partial charge in [0.2, 0.25) is 5.43 Å². The molecule has 0 radical (unpaired) electrons. The van der Waals surface area contributed by atoms with Crippen LogP contribution in [0, 0.1) is 0 Å². The summed E-state index contributed by atoms with van der Waals surface area (Å²) >= 11 is 0. The van der Waals surface area contributed by atoms with Gasteiger partial charge in [0.1, 0.15) is 5.69 Å². The van der Waals surface area contributed by atoms with Crippen LogP contribution in [0.15, 0.2) is 16.9 Å². The third-order valence-corrected chi connectivity index (χ3v) is 2.92. The fourth-order valence-electron chi connectivity index (χ4n) is 1.95. The second-order valence-corrected chi connectivity index (χ2v) is 4.54. The van der Waals surface area contributed by atoms with Crippen molar-refractivity contribution in [1.29, 1.82) is 0 Å². The van der Waals surface area contributed by atoms with Crippen LogP contribution in [0.4, 0.5) is 0 Å². The summed E-state index contributed by atoms with van der Waals surface area (Å²) in [7, 11) is 0. The molecule has 5 nitrogen and oxygen atoms in total. The third-order valence-electron chi connectivity index (χ3n) is 2.92. The minimum atomic E-state index is -0.289. The normalized spacial score (nSPS) is 11.3. The minimum absolute atomic E-state index is 0.00986. The second kappa shape index (κ2) is 4.33. The smallest absolute Gasteiger partial charge is 0.211 e. The van der Waals surface area contributed by atoms with Gasteiger partial charge in [0.25, 0.3) is 0 Å². The van der Waals surface area contributed by atoms with Gasteiger partial charge in [-0.05, 0) is 13.0 Å². The van der Waals surface area contributed by atoms with Crippen molar-refractivity contribution in [3.63, 3.8) is 0 Å². The molecule has 0 saturated heterocycles. The van der Waals surface area contributed by atoms with E-state index in [0.717, 1.165) is 0 Å². The van der Waals surface area contributed by atoms with Crippen molar-refractivity contribution in [3.8, 4) is 11.5 Å². The Morgan fingerprint density at radius 2 is 1.89 bits per heavy atom. The molecule has 1 aromatic heterocycles. The second-order valence-electron chi connectivity index (χ2n) is 4.54. The van der Waals surface area contributed by atoms with Gasteiger partial charge in [-0.15, -0.1) is 0 Å². The third kappa shape index (κ3) is 1.81. The summed E-state index contributed by atoms with van der Waals surface area (Å²) in [5.41, 5.74) is 0.802. The highest BCUT2D eigenvalue weighted by molar-refractivity contribution is 5.82. The van der Waals surface area contributed by atoms with Crippen LogP contribution < -0.4 is 5.43 Å². The monoisotopic (exact) mass is 248 g/mol. The lowest BCUT2D eigenvalue weighted by molar-refractivity contribution is 0.404. The highest BCUT2D eigenvalue weighted by Gasteiger charge is 2.15. The topological polar surface area (TPSA) is 75.4 Å². The van der Waals surface area contributed by atoms with Crippen molar-refractivity contribution < 1.29 is 10.2 Å². The molecule has 1 aromatic carbocycles. The molecule has 2 aromatic rings. The lowest BCUT2D eigenvalue weighted by Gasteiger charge is -2.12. The molecule has 0 aliphatic heterocycles. The zero-order valence-corrected chi connectivity index (χ0v) is 10.6. The molecule has 5 heteroatoms. The lowest BCUT2D eigenvalue weighted by Crippen LogP contribution is -2.19. The number of phenolic OH excluding ortho intramolecular Hbond substituents is 2. The Kier molecular flexibility index (Phi) is 2.98. The Morgan fingerprint density at radius 1 is 1.28 bits per heavy atom. The van der Waals surface area contributed by atoms with E-state index in [0.29, 0.717) is 23.1 Å². The number of phenols is 2. The van der Waals surface area contributed by atoms with Crippen LogP contribution in [0.1, 0.15) is 32.4 Å². The Hall–Kier alpha value is -2.04. The van der Waals surface area contributed by atoms with E-state index in [-0.39, 0.29) is 22.8 Å². The summed E-state index contributed by atoms with van der Waals surface area (Å²) in [6.07, 6.45) is 0. The first-order valence-corrected chi connectivity index (χ1v) is 5.92. The van der Waals surface area contributed by atoms with E-state index >= 15 is 0 Å². The van der Waals surface area contributed by atoms with Crippen molar-refractivity contribution in [2.24, 2.45) is 0 Å². The van der Waals surface area contributed by atoms with Crippen molar-refractivity contribution >= 4 is 10.9 Å². The van der Waals surface area contributed by atoms with E-state index in [9.17, 15) is 15.0 Å². The summed E-state index contributed by atoms with van der Waals surface area (Å²) in [6.45, 7) is 6.29. The lowest BCUT2D eigenvalue weighted by atomic mass is 10.1. The molecule has 2 N–H and O–H groups in total. The highest BCUT2D eigenvalue weighted by atomic mass is 16.3. The maximum absolute atomic E-state index is 12.2. The average molecular weight is 248 g/mol. The zero-order chi connectivity index (χ0) is 13.4. The number of benzene rings is 1. The number of nitrogens with zero attached hydrogens (tertiary/aromatic N) is 2. The molecule has 0 aliphatic rings. The molecule has 0 saturated carbocycles. The molecule has 0 spiro atoms. The highest BCUT2D eigenvalue weighted by Crippen LogP contribution is 2.28. The van der Waals surface area contributed by atoms with E-state index in [2.05, 4.69) is 5.10 Å². The molecule has 18 heavy (non-hydrogen) atoms. The van der Waals surface area contributed by atoms with Crippen LogP contribution in [0.5, 0.6) is 11.5 Å². The van der Waals surface area contributed by atoms with Crippen molar-refractivity contribution in [2.45, 2.75) is 33.2 Å². The molecular formula is C13H16N2O3. The van der Waals surface area contributed by atoms with Gasteiger partial charge >= 0.3 is 0 Å². The average Bonchev–Trinajstić information content (AvgIpc) is 2.32. The molecule has 0 aliphatic carbocycles. The molecule has 2 rings (SSSR count). The Balaban J connectivity index is 2.94. The van der Waals surface area contributed by atoms with Gasteiger partial charge in [0.05, 0.1) is 10.9 Å². The maximum Gasteiger partial charge on any atom is 0.211 e. The zero-order valence-electron chi connectivity index (χ0n) is 10.6. The Morgan fingerprint density at radius 3 is 2.44 bits per heavy atom. The van der Waals surface area contributed by atoms with Gasteiger partial charge in [-0.1, -0.05) is 13.8 Å². The van der Waals surface area contributed by atoms with Crippen LogP contribution in [0.3, 0.4) is 0 Å². The standard InChI is InChI=1S/C13H16N2O3/c1-4-15-9-6-11(17)10(16)5-8(9)13(18)12(14-15)7(2)3/h5-7,16-17H,4H2,1-3H3. The summed E-state index contributed by atoms with van der Waals surface area (Å²) in [4.78, 5) is 12.2. The predicted molar refractivity (Wildman–Crippen MR) is 69.1 cm³/mol. The summed E-state index contributed by atoms with van der Waals surface area (Å²) in [5, 5.41) is 23.7. The quantitative estimate of drug-likeness (QED) is 0.796. The first kappa shape index (κ1) is 12.4. The van der Waals surface area contributed by atoms with E-state index in [1.165, 1.54) is 12.1 Å². The van der Waals surface area contributed by atoms with E-state index in [4.69, 9.17) is 0 Å². The maximum atomic E-state index is 12.2. The number of aromatic nitrogens is 2. The van der Waals surface area contributed by atoms with E-state index in [1.54, 1.807) is 4.68 Å². The van der Waals surface area contributed by atoms with Crippen LogP contribution >= 0.6 is 0 Å². The van der Waals surface area contributed by atoms with Gasteiger partial charge in [-0.25, -0.2) is 0 Å². The van der Waals surface area contributed by atoms with Crippen LogP contribution in [-0.2, 0) is 6.54 Å². The number of hydrogen-bond donors (Lipinski definition) is 2. The Bertz CT molecular complexity index is 659. The molecule has 0 amide bonds. The molecule has 96 valence electrons. The SMILES string of the molecule is CCn1nc(C(C)C)c(=O)c2cc(O)c(O)cc21. The van der Waals surface area contributed by atoms with Gasteiger partial charge in [0, 0.05) is 18.5 Å². The van der Waals surface area contributed by atoms with Gasteiger partial charge in [-0.2, -0.15) is 5.10 Å². The van der Waals surface area contributed by atoms with Gasteiger partial charge in [-0.3, -0.25) is 9.48 Å². The minimum Gasteiger partial charge on any atom is -0.504 e. The van der Waals surface area contributed by atoms with Crippen LogP contribution in [0.2, 0.25) is 0 Å². The number of rotatable bonds is 2. The summed E-state index contributed by atoms with van der Waals surface area (Å²) in [5.74, 6) is -0.526. The molecular weight excluding hydrogens is 232 g/mol. The van der Waals surface area contributed by atoms with E-state index < -0.39 is 0 Å². The molecule has 0 bridgehead atoms. The van der Waals surface area contributed by atoms with E-state index in [1.807, 2.05) is 20.8 Å². The predicted octanol–water partition coefficient (Wildman–Crippen LogP) is 1.95. The van der Waals surface area contributed by atoms with Gasteiger partial charge < -0.3 is 10.2 Å². The fraction of sp³-hybridized carbons (Fsp3) is 0.385. The molecule has 0 atom stereocenters. The first-order valence-electron chi connectivity index (χ1n) is 5.92. The van der Waals surface area contributed by atoms with Crippen LogP contribution in [-0.4, -0.2) is 20.0 Å². The molecule has 1 heterocycles. The summed E-state index contributed by atoms with van der Waals surface area (Å²) < 4.78 is 1.66. The Labute approximate surface area is 104 Å². The van der Waals surface area contributed by atoms with Crippen molar-refractivity contribution in [1.82, 2.24) is 9.78 Å². The molecule has 0 unspecified atom stereocenters. The molecule has 0 fully saturated rings. The number of hydrogen-bond acceptors (Lipinski definition) is 4. The van der Waals surface area contributed by atoms with Gasteiger partial charge in [0.15, 0.2) is 11.5 Å². The first-order chi connectivity index (χ1) is 8.45. The number of aromatic hydroxyl groups is 2. The number of aryl methyl sites for hydroxylation is 1. The van der Waals surface area contributed by atoms with Crippen molar-refractivity contribution in [2.75, 3.05) is 0 Å². The summed E-state index contributed by atoms with van der Waals surface area (Å²) in [6, 6.07) is 2.67. The largest absolute Gasteiger partial charge is 0.504 e. The fourth-order valence-corrected chi connectivity index (χ4v) is 1.95.